The van der Waals surface area contributed by atoms with Crippen LogP contribution in [-0.4, -0.2) is 25.2 Å². The number of unbranched alkanes of at least 4 members (excludes halogenated alkanes) is 4. The molecule has 106 valence electrons. The van der Waals surface area contributed by atoms with Crippen LogP contribution in [0.15, 0.2) is 0 Å². The molecule has 0 aromatic rings. The lowest BCUT2D eigenvalue weighted by atomic mass is 10.2. The molecule has 0 heterocycles. The highest BCUT2D eigenvalue weighted by atomic mass is 16.5. The number of hydrogen-bond acceptors (Lipinski definition) is 4. The van der Waals surface area contributed by atoms with Crippen molar-refractivity contribution in [2.75, 3.05) is 13.2 Å². The van der Waals surface area contributed by atoms with Gasteiger partial charge in [0.05, 0.1) is 13.2 Å². The molecule has 0 rings (SSSR count). The van der Waals surface area contributed by atoms with E-state index in [1.165, 1.54) is 19.3 Å². The van der Waals surface area contributed by atoms with Crippen molar-refractivity contribution in [1.29, 1.82) is 0 Å². The maximum absolute atomic E-state index is 11.3. The van der Waals surface area contributed by atoms with Crippen molar-refractivity contribution in [3.8, 4) is 0 Å². The maximum Gasteiger partial charge on any atom is 0.305 e. The van der Waals surface area contributed by atoms with Crippen molar-refractivity contribution in [1.82, 2.24) is 0 Å². The molecule has 0 aromatic heterocycles. The molecule has 4 nitrogen and oxygen atoms in total. The van der Waals surface area contributed by atoms with Crippen LogP contribution in [0.3, 0.4) is 0 Å². The molecule has 0 amide bonds. The zero-order valence-electron chi connectivity index (χ0n) is 11.7. The molecule has 0 radical (unpaired) electrons. The fourth-order valence-corrected chi connectivity index (χ4v) is 1.57. The SMILES string of the molecule is CCCCCCCOC(=O)CCCC(=O)OCC. The zero-order chi connectivity index (χ0) is 13.6. The Balaban J connectivity index is 3.30. The lowest BCUT2D eigenvalue weighted by Crippen LogP contribution is -2.08. The first kappa shape index (κ1) is 16.9. The van der Waals surface area contributed by atoms with E-state index in [2.05, 4.69) is 6.92 Å². The third-order valence-electron chi connectivity index (χ3n) is 2.58. The molecule has 0 saturated heterocycles. The van der Waals surface area contributed by atoms with Crippen LogP contribution in [0, 0.1) is 0 Å². The van der Waals surface area contributed by atoms with Gasteiger partial charge in [-0.1, -0.05) is 32.6 Å². The molecule has 18 heavy (non-hydrogen) atoms. The molecular formula is C14H26O4. The minimum Gasteiger partial charge on any atom is -0.466 e. The Kier molecular flexibility index (Phi) is 11.7. The number of hydrogen-bond donors (Lipinski definition) is 0. The van der Waals surface area contributed by atoms with E-state index in [1.807, 2.05) is 0 Å². The van der Waals surface area contributed by atoms with Crippen LogP contribution < -0.4 is 0 Å². The maximum atomic E-state index is 11.3. The first-order valence-corrected chi connectivity index (χ1v) is 7.02. The smallest absolute Gasteiger partial charge is 0.305 e. The average molecular weight is 258 g/mol. The Hall–Kier alpha value is -1.06. The van der Waals surface area contributed by atoms with Crippen LogP contribution in [0.1, 0.15) is 65.2 Å². The van der Waals surface area contributed by atoms with Crippen LogP contribution in [0.4, 0.5) is 0 Å². The van der Waals surface area contributed by atoms with Gasteiger partial charge in [0.1, 0.15) is 0 Å². The van der Waals surface area contributed by atoms with Crippen LogP contribution in [-0.2, 0) is 19.1 Å². The Morgan fingerprint density at radius 3 is 2.00 bits per heavy atom. The van der Waals surface area contributed by atoms with Gasteiger partial charge in [-0.15, -0.1) is 0 Å². The second-order valence-corrected chi connectivity index (χ2v) is 4.29. The third kappa shape index (κ3) is 11.4. The number of carbonyl (C=O) groups excluding carboxylic acids is 2. The normalized spacial score (nSPS) is 10.1. The van der Waals surface area contributed by atoms with Gasteiger partial charge in [0.2, 0.25) is 0 Å². The molecule has 0 N–H and O–H groups in total. The highest BCUT2D eigenvalue weighted by Crippen LogP contribution is 2.04. The zero-order valence-corrected chi connectivity index (χ0v) is 11.7. The van der Waals surface area contributed by atoms with E-state index in [4.69, 9.17) is 9.47 Å². The Labute approximate surface area is 110 Å². The minimum absolute atomic E-state index is 0.213. The van der Waals surface area contributed by atoms with Crippen LogP contribution >= 0.6 is 0 Å². The molecule has 0 unspecified atom stereocenters. The summed E-state index contributed by atoms with van der Waals surface area (Å²) >= 11 is 0. The minimum atomic E-state index is -0.245. The monoisotopic (exact) mass is 258 g/mol. The van der Waals surface area contributed by atoms with Crippen molar-refractivity contribution < 1.29 is 19.1 Å². The van der Waals surface area contributed by atoms with Gasteiger partial charge in [-0.05, 0) is 19.8 Å². The summed E-state index contributed by atoms with van der Waals surface area (Å²) in [5.74, 6) is -0.459. The van der Waals surface area contributed by atoms with Crippen LogP contribution in [0.25, 0.3) is 0 Å². The van der Waals surface area contributed by atoms with E-state index in [0.717, 1.165) is 12.8 Å². The van der Waals surface area contributed by atoms with Crippen LogP contribution in [0.2, 0.25) is 0 Å². The summed E-state index contributed by atoms with van der Waals surface area (Å²) in [6.45, 7) is 4.83. The molecule has 0 aromatic carbocycles. The third-order valence-corrected chi connectivity index (χ3v) is 2.58. The quantitative estimate of drug-likeness (QED) is 0.422. The number of esters is 2. The molecule has 0 atom stereocenters. The molecule has 0 saturated carbocycles. The van der Waals surface area contributed by atoms with E-state index >= 15 is 0 Å². The topological polar surface area (TPSA) is 52.6 Å². The summed E-state index contributed by atoms with van der Waals surface area (Å²) in [6.07, 6.45) is 6.81. The average Bonchev–Trinajstić information content (AvgIpc) is 2.34. The lowest BCUT2D eigenvalue weighted by Gasteiger charge is -2.04. The van der Waals surface area contributed by atoms with E-state index < -0.39 is 0 Å². The van der Waals surface area contributed by atoms with Crippen molar-refractivity contribution in [3.05, 3.63) is 0 Å². The standard InChI is InChI=1S/C14H26O4/c1-3-5-6-7-8-12-18-14(16)11-9-10-13(15)17-4-2/h3-12H2,1-2H3. The van der Waals surface area contributed by atoms with E-state index in [-0.39, 0.29) is 11.9 Å². The number of rotatable bonds is 11. The molecular weight excluding hydrogens is 232 g/mol. The van der Waals surface area contributed by atoms with Crippen molar-refractivity contribution >= 4 is 11.9 Å². The molecule has 0 spiro atoms. The molecule has 0 bridgehead atoms. The second kappa shape index (κ2) is 12.4. The van der Waals surface area contributed by atoms with Gasteiger partial charge in [-0.2, -0.15) is 0 Å². The van der Waals surface area contributed by atoms with Gasteiger partial charge < -0.3 is 9.47 Å². The largest absolute Gasteiger partial charge is 0.466 e. The number of ether oxygens (including phenoxy) is 2. The summed E-state index contributed by atoms with van der Waals surface area (Å²) in [5, 5.41) is 0. The van der Waals surface area contributed by atoms with E-state index in [1.54, 1.807) is 6.92 Å². The Morgan fingerprint density at radius 1 is 0.778 bits per heavy atom. The van der Waals surface area contributed by atoms with Gasteiger partial charge in [-0.25, -0.2) is 0 Å². The molecule has 0 aliphatic carbocycles. The highest BCUT2D eigenvalue weighted by Gasteiger charge is 2.06. The summed E-state index contributed by atoms with van der Waals surface area (Å²) in [7, 11) is 0. The summed E-state index contributed by atoms with van der Waals surface area (Å²) < 4.78 is 9.84. The summed E-state index contributed by atoms with van der Waals surface area (Å²) in [6, 6.07) is 0. The summed E-state index contributed by atoms with van der Waals surface area (Å²) in [5.41, 5.74) is 0. The molecule has 0 aliphatic heterocycles. The predicted octanol–water partition coefficient (Wildman–Crippen LogP) is 3.23. The highest BCUT2D eigenvalue weighted by molar-refractivity contribution is 5.72. The van der Waals surface area contributed by atoms with Crippen molar-refractivity contribution in [3.63, 3.8) is 0 Å². The first-order chi connectivity index (χ1) is 8.70. The first-order valence-electron chi connectivity index (χ1n) is 7.02. The van der Waals surface area contributed by atoms with Gasteiger partial charge in [0, 0.05) is 12.8 Å². The number of carbonyl (C=O) groups is 2. The second-order valence-electron chi connectivity index (χ2n) is 4.29. The Morgan fingerprint density at radius 2 is 1.39 bits per heavy atom. The van der Waals surface area contributed by atoms with Gasteiger partial charge >= 0.3 is 11.9 Å². The van der Waals surface area contributed by atoms with Gasteiger partial charge in [-0.3, -0.25) is 9.59 Å². The fourth-order valence-electron chi connectivity index (χ4n) is 1.57. The summed E-state index contributed by atoms with van der Waals surface area (Å²) in [4.78, 5) is 22.3. The van der Waals surface area contributed by atoms with Gasteiger partial charge in [0.25, 0.3) is 0 Å². The molecule has 4 heteroatoms. The Bertz CT molecular complexity index is 226. The van der Waals surface area contributed by atoms with Crippen molar-refractivity contribution in [2.24, 2.45) is 0 Å². The fraction of sp³-hybridized carbons (Fsp3) is 0.857. The van der Waals surface area contributed by atoms with Crippen molar-refractivity contribution in [2.45, 2.75) is 65.2 Å². The predicted molar refractivity (Wildman–Crippen MR) is 70.2 cm³/mol. The molecule has 0 aliphatic rings. The molecule has 0 fully saturated rings. The van der Waals surface area contributed by atoms with E-state index in [0.29, 0.717) is 32.5 Å². The van der Waals surface area contributed by atoms with E-state index in [9.17, 15) is 9.59 Å². The lowest BCUT2D eigenvalue weighted by molar-refractivity contribution is -0.145. The van der Waals surface area contributed by atoms with Gasteiger partial charge in [0.15, 0.2) is 0 Å². The van der Waals surface area contributed by atoms with Crippen LogP contribution in [0.5, 0.6) is 0 Å².